The molecule has 0 amide bonds. The molecule has 0 heterocycles. The summed E-state index contributed by atoms with van der Waals surface area (Å²) in [4.78, 5) is 0. The average molecular weight is 239 g/mol. The number of hydrogen-bond donors (Lipinski definition) is 2. The van der Waals surface area contributed by atoms with E-state index in [2.05, 4.69) is 5.32 Å². The number of hydrogen-bond acceptors (Lipinski definition) is 2. The third-order valence-corrected chi connectivity index (χ3v) is 2.94. The standard InChI is InChI=1S/C14H22FNO/c1-10(2)14(17)6-7-16-9-12-4-5-13(15)11(3)8-12/h4-5,8,10,14,16-17H,6-7,9H2,1-3H3. The summed E-state index contributed by atoms with van der Waals surface area (Å²) >= 11 is 0. The Hall–Kier alpha value is -0.930. The van der Waals surface area contributed by atoms with Crippen molar-refractivity contribution in [3.05, 3.63) is 35.1 Å². The summed E-state index contributed by atoms with van der Waals surface area (Å²) < 4.78 is 13.0. The molecule has 0 spiro atoms. The van der Waals surface area contributed by atoms with Crippen molar-refractivity contribution in [1.29, 1.82) is 0 Å². The molecule has 96 valence electrons. The van der Waals surface area contributed by atoms with Gasteiger partial charge in [0.2, 0.25) is 0 Å². The molecule has 3 heteroatoms. The maximum atomic E-state index is 13.0. The maximum Gasteiger partial charge on any atom is 0.126 e. The minimum atomic E-state index is -0.252. The van der Waals surface area contributed by atoms with Gasteiger partial charge in [0.15, 0.2) is 0 Å². The summed E-state index contributed by atoms with van der Waals surface area (Å²) in [6.07, 6.45) is 0.496. The van der Waals surface area contributed by atoms with Crippen molar-refractivity contribution in [1.82, 2.24) is 5.32 Å². The Morgan fingerprint density at radius 1 is 1.35 bits per heavy atom. The lowest BCUT2D eigenvalue weighted by molar-refractivity contribution is 0.116. The van der Waals surface area contributed by atoms with E-state index in [9.17, 15) is 9.50 Å². The van der Waals surface area contributed by atoms with Crippen LogP contribution in [-0.4, -0.2) is 17.8 Å². The molecule has 1 aromatic rings. The maximum absolute atomic E-state index is 13.0. The zero-order valence-electron chi connectivity index (χ0n) is 10.8. The molecule has 1 aromatic carbocycles. The third kappa shape index (κ3) is 4.84. The molecule has 2 N–H and O–H groups in total. The Bertz CT molecular complexity index is 352. The minimum Gasteiger partial charge on any atom is -0.393 e. The van der Waals surface area contributed by atoms with Crippen LogP contribution >= 0.6 is 0 Å². The zero-order valence-corrected chi connectivity index (χ0v) is 10.8. The van der Waals surface area contributed by atoms with Crippen LogP contribution in [0.2, 0.25) is 0 Å². The Labute approximate surface area is 103 Å². The van der Waals surface area contributed by atoms with Gasteiger partial charge in [-0.25, -0.2) is 4.39 Å². The van der Waals surface area contributed by atoms with Gasteiger partial charge in [-0.15, -0.1) is 0 Å². The molecule has 1 unspecified atom stereocenters. The fourth-order valence-electron chi connectivity index (χ4n) is 1.63. The predicted molar refractivity (Wildman–Crippen MR) is 68.3 cm³/mol. The van der Waals surface area contributed by atoms with Crippen LogP contribution in [-0.2, 0) is 6.54 Å². The summed E-state index contributed by atoms with van der Waals surface area (Å²) in [6, 6.07) is 5.13. The molecular weight excluding hydrogens is 217 g/mol. The summed E-state index contributed by atoms with van der Waals surface area (Å²) in [6.45, 7) is 7.27. The van der Waals surface area contributed by atoms with Gasteiger partial charge < -0.3 is 10.4 Å². The lowest BCUT2D eigenvalue weighted by Gasteiger charge is -2.14. The van der Waals surface area contributed by atoms with Crippen LogP contribution in [0.3, 0.4) is 0 Å². The Morgan fingerprint density at radius 3 is 2.65 bits per heavy atom. The van der Waals surface area contributed by atoms with Crippen molar-refractivity contribution in [2.24, 2.45) is 5.92 Å². The van der Waals surface area contributed by atoms with E-state index in [1.807, 2.05) is 19.9 Å². The molecule has 0 aliphatic heterocycles. The molecule has 0 radical (unpaired) electrons. The highest BCUT2D eigenvalue weighted by Crippen LogP contribution is 2.09. The first-order chi connectivity index (χ1) is 8.00. The van der Waals surface area contributed by atoms with Gasteiger partial charge >= 0.3 is 0 Å². The lowest BCUT2D eigenvalue weighted by atomic mass is 10.0. The SMILES string of the molecule is Cc1cc(CNCCC(O)C(C)C)ccc1F. The average Bonchev–Trinajstić information content (AvgIpc) is 2.28. The van der Waals surface area contributed by atoms with Crippen molar-refractivity contribution in [2.45, 2.75) is 39.8 Å². The van der Waals surface area contributed by atoms with Crippen LogP contribution in [0.15, 0.2) is 18.2 Å². The van der Waals surface area contributed by atoms with Crippen molar-refractivity contribution in [3.63, 3.8) is 0 Å². The van der Waals surface area contributed by atoms with Gasteiger partial charge in [-0.2, -0.15) is 0 Å². The highest BCUT2D eigenvalue weighted by Gasteiger charge is 2.07. The number of nitrogens with one attached hydrogen (secondary N) is 1. The van der Waals surface area contributed by atoms with Gasteiger partial charge in [0.25, 0.3) is 0 Å². The van der Waals surface area contributed by atoms with Gasteiger partial charge in [0.1, 0.15) is 5.82 Å². The van der Waals surface area contributed by atoms with E-state index in [0.717, 1.165) is 18.5 Å². The Kier molecular flexibility index (Phi) is 5.59. The first-order valence-electron chi connectivity index (χ1n) is 6.14. The first-order valence-corrected chi connectivity index (χ1v) is 6.14. The summed E-state index contributed by atoms with van der Waals surface area (Å²) in [5, 5.41) is 12.9. The van der Waals surface area contributed by atoms with E-state index in [1.54, 1.807) is 13.0 Å². The van der Waals surface area contributed by atoms with E-state index in [4.69, 9.17) is 0 Å². The van der Waals surface area contributed by atoms with Crippen molar-refractivity contribution >= 4 is 0 Å². The number of aliphatic hydroxyl groups excluding tert-OH is 1. The van der Waals surface area contributed by atoms with Crippen LogP contribution in [0.4, 0.5) is 4.39 Å². The van der Waals surface area contributed by atoms with Crippen LogP contribution in [0.25, 0.3) is 0 Å². The van der Waals surface area contributed by atoms with Crippen molar-refractivity contribution in [2.75, 3.05) is 6.54 Å². The first kappa shape index (κ1) is 14.1. The molecule has 0 bridgehead atoms. The largest absolute Gasteiger partial charge is 0.393 e. The second-order valence-electron chi connectivity index (χ2n) is 4.86. The summed E-state index contributed by atoms with van der Waals surface area (Å²) in [7, 11) is 0. The molecule has 0 saturated carbocycles. The van der Waals surface area contributed by atoms with Gasteiger partial charge in [-0.3, -0.25) is 0 Å². The summed E-state index contributed by atoms with van der Waals surface area (Å²) in [5.74, 6) is 0.133. The molecule has 0 saturated heterocycles. The second-order valence-corrected chi connectivity index (χ2v) is 4.86. The highest BCUT2D eigenvalue weighted by atomic mass is 19.1. The van der Waals surface area contributed by atoms with E-state index < -0.39 is 0 Å². The van der Waals surface area contributed by atoms with Gasteiger partial charge in [0.05, 0.1) is 6.10 Å². The molecule has 2 nitrogen and oxygen atoms in total. The molecule has 1 atom stereocenters. The van der Waals surface area contributed by atoms with Crippen LogP contribution in [0.1, 0.15) is 31.4 Å². The lowest BCUT2D eigenvalue weighted by Crippen LogP contribution is -2.23. The smallest absolute Gasteiger partial charge is 0.126 e. The fourth-order valence-corrected chi connectivity index (χ4v) is 1.63. The van der Waals surface area contributed by atoms with Crippen LogP contribution < -0.4 is 5.32 Å². The fraction of sp³-hybridized carbons (Fsp3) is 0.571. The second kappa shape index (κ2) is 6.72. The molecule has 1 rings (SSSR count). The van der Waals surface area contributed by atoms with E-state index >= 15 is 0 Å². The molecule has 0 aliphatic rings. The van der Waals surface area contributed by atoms with Crippen LogP contribution in [0, 0.1) is 18.7 Å². The minimum absolute atomic E-state index is 0.163. The molecular formula is C14H22FNO. The van der Waals surface area contributed by atoms with E-state index in [-0.39, 0.29) is 11.9 Å². The number of aryl methyl sites for hydroxylation is 1. The molecule has 0 aliphatic carbocycles. The number of rotatable bonds is 6. The van der Waals surface area contributed by atoms with E-state index in [0.29, 0.717) is 18.0 Å². The van der Waals surface area contributed by atoms with Gasteiger partial charge in [0, 0.05) is 6.54 Å². The third-order valence-electron chi connectivity index (χ3n) is 2.94. The normalized spacial score (nSPS) is 13.1. The quantitative estimate of drug-likeness (QED) is 0.748. The van der Waals surface area contributed by atoms with Gasteiger partial charge in [-0.1, -0.05) is 26.0 Å². The Morgan fingerprint density at radius 2 is 2.06 bits per heavy atom. The van der Waals surface area contributed by atoms with Gasteiger partial charge in [-0.05, 0) is 43.0 Å². The topological polar surface area (TPSA) is 32.3 Å². The van der Waals surface area contributed by atoms with Crippen LogP contribution in [0.5, 0.6) is 0 Å². The number of halogens is 1. The predicted octanol–water partition coefficient (Wildman–Crippen LogP) is 2.63. The molecule has 0 aromatic heterocycles. The Balaban J connectivity index is 2.29. The number of aliphatic hydroxyl groups is 1. The highest BCUT2D eigenvalue weighted by molar-refractivity contribution is 5.23. The summed E-state index contributed by atoms with van der Waals surface area (Å²) in [5.41, 5.74) is 1.74. The molecule has 17 heavy (non-hydrogen) atoms. The van der Waals surface area contributed by atoms with Crippen molar-refractivity contribution < 1.29 is 9.50 Å². The molecule has 0 fully saturated rings. The number of benzene rings is 1. The van der Waals surface area contributed by atoms with Crippen molar-refractivity contribution in [3.8, 4) is 0 Å². The zero-order chi connectivity index (χ0) is 12.8. The van der Waals surface area contributed by atoms with E-state index in [1.165, 1.54) is 6.07 Å². The monoisotopic (exact) mass is 239 g/mol.